The molecule has 1 N–H and O–H groups in total. The van der Waals surface area contributed by atoms with Crippen LogP contribution in [-0.4, -0.2) is 60.0 Å². The Bertz CT molecular complexity index is 1080. The summed E-state index contributed by atoms with van der Waals surface area (Å²) in [4.78, 5) is 14.8. The van der Waals surface area contributed by atoms with Crippen LogP contribution in [0.4, 0.5) is 10.1 Å². The molecule has 1 aliphatic rings. The summed E-state index contributed by atoms with van der Waals surface area (Å²) in [5.74, 6) is -0.114. The van der Waals surface area contributed by atoms with Crippen LogP contribution in [0.2, 0.25) is 5.02 Å². The van der Waals surface area contributed by atoms with Crippen LogP contribution < -0.4 is 10.1 Å². The lowest BCUT2D eigenvalue weighted by atomic mass is 10.1. The molecule has 0 saturated carbocycles. The Balaban J connectivity index is 1.49. The quantitative estimate of drug-likeness (QED) is 0.540. The van der Waals surface area contributed by atoms with Crippen molar-refractivity contribution in [3.05, 3.63) is 65.1 Å². The average molecular weight is 473 g/mol. The molecule has 1 amide bonds. The predicted octanol–water partition coefficient (Wildman–Crippen LogP) is 3.77. The van der Waals surface area contributed by atoms with E-state index in [1.165, 1.54) is 10.9 Å². The summed E-state index contributed by atoms with van der Waals surface area (Å²) in [7, 11) is 1.67. The van der Waals surface area contributed by atoms with Gasteiger partial charge in [0.25, 0.3) is 0 Å². The highest BCUT2D eigenvalue weighted by atomic mass is 35.5. The predicted molar refractivity (Wildman–Crippen MR) is 125 cm³/mol. The number of nitrogens with zero attached hydrogens (tertiary/aromatic N) is 3. The van der Waals surface area contributed by atoms with Crippen molar-refractivity contribution in [1.29, 1.82) is 0 Å². The summed E-state index contributed by atoms with van der Waals surface area (Å²) in [5.41, 5.74) is 2.21. The molecule has 0 atom stereocenters. The minimum atomic E-state index is -0.458. The first-order valence-corrected chi connectivity index (χ1v) is 11.2. The molecule has 1 fully saturated rings. The van der Waals surface area contributed by atoms with Crippen LogP contribution in [-0.2, 0) is 23.0 Å². The zero-order valence-corrected chi connectivity index (χ0v) is 19.1. The van der Waals surface area contributed by atoms with Crippen LogP contribution in [0.25, 0.3) is 11.3 Å². The fraction of sp³-hybridized carbons (Fsp3) is 0.333. The maximum Gasteiger partial charge on any atom is 0.228 e. The lowest BCUT2D eigenvalue weighted by Gasteiger charge is -2.26. The van der Waals surface area contributed by atoms with Crippen LogP contribution in [0.5, 0.6) is 5.75 Å². The van der Waals surface area contributed by atoms with Crippen molar-refractivity contribution < 1.29 is 18.7 Å². The molecular weight excluding hydrogens is 447 g/mol. The second-order valence-corrected chi connectivity index (χ2v) is 8.27. The minimum absolute atomic E-state index is 0.185. The van der Waals surface area contributed by atoms with Gasteiger partial charge in [0.1, 0.15) is 18.1 Å². The van der Waals surface area contributed by atoms with E-state index in [1.807, 2.05) is 12.1 Å². The van der Waals surface area contributed by atoms with Gasteiger partial charge in [-0.25, -0.2) is 4.39 Å². The van der Waals surface area contributed by atoms with E-state index in [0.29, 0.717) is 34.3 Å². The number of rotatable bonds is 8. The molecule has 7 nitrogen and oxygen atoms in total. The number of benzene rings is 2. The van der Waals surface area contributed by atoms with E-state index in [9.17, 15) is 9.18 Å². The average Bonchev–Trinajstić information content (AvgIpc) is 3.14. The fourth-order valence-corrected chi connectivity index (χ4v) is 3.86. The lowest BCUT2D eigenvalue weighted by Crippen LogP contribution is -2.38. The minimum Gasteiger partial charge on any atom is -0.492 e. The number of amides is 1. The molecule has 0 bridgehead atoms. The van der Waals surface area contributed by atoms with Crippen molar-refractivity contribution >= 4 is 23.2 Å². The second kappa shape index (κ2) is 10.8. The SMILES string of the molecule is Cn1ncc(F)c1-c1cc(NC(=O)Cc2ccc(Cl)cc2)ccc1OCCN1CCOCC1. The van der Waals surface area contributed by atoms with E-state index in [4.69, 9.17) is 21.1 Å². The number of ether oxygens (including phenoxy) is 2. The third-order valence-corrected chi connectivity index (χ3v) is 5.71. The van der Waals surface area contributed by atoms with Crippen LogP contribution in [0.1, 0.15) is 5.56 Å². The van der Waals surface area contributed by atoms with Gasteiger partial charge in [-0.1, -0.05) is 23.7 Å². The number of anilines is 1. The zero-order chi connectivity index (χ0) is 23.2. The summed E-state index contributed by atoms with van der Waals surface area (Å²) in [6.45, 7) is 4.37. The number of aromatic nitrogens is 2. The Hall–Kier alpha value is -2.94. The molecular formula is C24H26ClFN4O3. The Morgan fingerprint density at radius 3 is 2.67 bits per heavy atom. The highest BCUT2D eigenvalue weighted by Gasteiger charge is 2.18. The number of halogens is 2. The van der Waals surface area contributed by atoms with Gasteiger partial charge in [-0.2, -0.15) is 5.10 Å². The first-order valence-electron chi connectivity index (χ1n) is 10.8. The summed E-state index contributed by atoms with van der Waals surface area (Å²) in [6.07, 6.45) is 1.36. The van der Waals surface area contributed by atoms with Gasteiger partial charge in [-0.15, -0.1) is 0 Å². The number of hydrogen-bond acceptors (Lipinski definition) is 5. The molecule has 9 heteroatoms. The lowest BCUT2D eigenvalue weighted by molar-refractivity contribution is -0.115. The molecule has 33 heavy (non-hydrogen) atoms. The molecule has 0 spiro atoms. The van der Waals surface area contributed by atoms with Crippen molar-refractivity contribution in [2.24, 2.45) is 7.05 Å². The van der Waals surface area contributed by atoms with E-state index >= 15 is 0 Å². The van der Waals surface area contributed by atoms with Crippen LogP contribution >= 0.6 is 11.6 Å². The molecule has 4 rings (SSSR count). The van der Waals surface area contributed by atoms with Gasteiger partial charge in [0.2, 0.25) is 5.91 Å². The first-order chi connectivity index (χ1) is 16.0. The third kappa shape index (κ3) is 6.10. The van der Waals surface area contributed by atoms with Crippen molar-refractivity contribution in [3.8, 4) is 17.0 Å². The molecule has 1 aromatic heterocycles. The number of morpholine rings is 1. The molecule has 3 aromatic rings. The van der Waals surface area contributed by atoms with Crippen LogP contribution in [0.15, 0.2) is 48.7 Å². The van der Waals surface area contributed by atoms with E-state index in [-0.39, 0.29) is 12.3 Å². The monoisotopic (exact) mass is 472 g/mol. The van der Waals surface area contributed by atoms with Crippen molar-refractivity contribution in [2.75, 3.05) is 44.8 Å². The zero-order valence-electron chi connectivity index (χ0n) is 18.4. The normalized spacial score (nSPS) is 14.3. The second-order valence-electron chi connectivity index (χ2n) is 7.83. The summed E-state index contributed by atoms with van der Waals surface area (Å²) < 4.78 is 27.4. The van der Waals surface area contributed by atoms with E-state index in [0.717, 1.165) is 38.4 Å². The number of carbonyl (C=O) groups is 1. The Kier molecular flexibility index (Phi) is 7.59. The third-order valence-electron chi connectivity index (χ3n) is 5.46. The first kappa shape index (κ1) is 23.2. The van der Waals surface area contributed by atoms with E-state index < -0.39 is 5.82 Å². The maximum atomic E-state index is 14.5. The topological polar surface area (TPSA) is 68.6 Å². The molecule has 0 radical (unpaired) electrons. The highest BCUT2D eigenvalue weighted by Crippen LogP contribution is 2.34. The Labute approximate surface area is 197 Å². The fourth-order valence-electron chi connectivity index (χ4n) is 3.73. The largest absolute Gasteiger partial charge is 0.492 e. The van der Waals surface area contributed by atoms with Gasteiger partial charge >= 0.3 is 0 Å². The van der Waals surface area contributed by atoms with Crippen LogP contribution in [0.3, 0.4) is 0 Å². The molecule has 1 saturated heterocycles. The molecule has 1 aliphatic heterocycles. The van der Waals surface area contributed by atoms with E-state index in [2.05, 4.69) is 15.3 Å². The van der Waals surface area contributed by atoms with Gasteiger partial charge in [0, 0.05) is 43.0 Å². The molecule has 2 heterocycles. The Morgan fingerprint density at radius 2 is 1.97 bits per heavy atom. The number of nitrogens with one attached hydrogen (secondary N) is 1. The van der Waals surface area contributed by atoms with Crippen molar-refractivity contribution in [3.63, 3.8) is 0 Å². The van der Waals surface area contributed by atoms with Gasteiger partial charge in [0.15, 0.2) is 5.82 Å². The molecule has 0 aliphatic carbocycles. The maximum absolute atomic E-state index is 14.5. The molecule has 2 aromatic carbocycles. The number of aryl methyl sites for hydroxylation is 1. The Morgan fingerprint density at radius 1 is 1.21 bits per heavy atom. The van der Waals surface area contributed by atoms with Crippen LogP contribution in [0, 0.1) is 5.82 Å². The van der Waals surface area contributed by atoms with Gasteiger partial charge in [-0.3, -0.25) is 14.4 Å². The van der Waals surface area contributed by atoms with Gasteiger partial charge < -0.3 is 14.8 Å². The van der Waals surface area contributed by atoms with Crippen molar-refractivity contribution in [1.82, 2.24) is 14.7 Å². The molecule has 174 valence electrons. The summed E-state index contributed by atoms with van der Waals surface area (Å²) in [5, 5.41) is 7.50. The van der Waals surface area contributed by atoms with E-state index in [1.54, 1.807) is 37.4 Å². The summed E-state index contributed by atoms with van der Waals surface area (Å²) in [6, 6.07) is 12.3. The van der Waals surface area contributed by atoms with Gasteiger partial charge in [-0.05, 0) is 35.9 Å². The number of hydrogen-bond donors (Lipinski definition) is 1. The summed E-state index contributed by atoms with van der Waals surface area (Å²) >= 11 is 5.91. The van der Waals surface area contributed by atoms with Gasteiger partial charge in [0.05, 0.1) is 25.8 Å². The van der Waals surface area contributed by atoms with Crippen molar-refractivity contribution in [2.45, 2.75) is 6.42 Å². The number of carbonyl (C=O) groups excluding carboxylic acids is 1. The standard InChI is InChI=1S/C24H26ClFN4O3/c1-29-24(21(26)16-27-29)20-15-19(28-23(31)14-17-2-4-18(25)5-3-17)6-7-22(20)33-13-10-30-8-11-32-12-9-30/h2-7,15-16H,8-14H2,1H3,(H,28,31). The molecule has 0 unspecified atom stereocenters. The smallest absolute Gasteiger partial charge is 0.228 e. The highest BCUT2D eigenvalue weighted by molar-refractivity contribution is 6.30.